The van der Waals surface area contributed by atoms with Gasteiger partial charge in [0.1, 0.15) is 11.6 Å². The van der Waals surface area contributed by atoms with Gasteiger partial charge in [-0.15, -0.1) is 0 Å². The van der Waals surface area contributed by atoms with Gasteiger partial charge in [0.15, 0.2) is 0 Å². The first-order valence-corrected chi connectivity index (χ1v) is 6.43. The second-order valence-electron chi connectivity index (χ2n) is 4.70. The Morgan fingerprint density at radius 2 is 2.26 bits per heavy atom. The molecular formula is C12H22N2O5. The monoisotopic (exact) mass is 274 g/mol. The zero-order chi connectivity index (χ0) is 14.3. The van der Waals surface area contributed by atoms with Gasteiger partial charge >= 0.3 is 12.0 Å². The summed E-state index contributed by atoms with van der Waals surface area (Å²) in [6, 6.07) is -1.35. The van der Waals surface area contributed by atoms with Crippen LogP contribution in [-0.4, -0.2) is 55.6 Å². The van der Waals surface area contributed by atoms with E-state index in [1.807, 2.05) is 6.92 Å². The molecule has 0 aromatic carbocycles. The summed E-state index contributed by atoms with van der Waals surface area (Å²) in [4.78, 5) is 22.6. The minimum atomic E-state index is -1.03. The van der Waals surface area contributed by atoms with Crippen LogP contribution >= 0.6 is 0 Å². The molecule has 0 aromatic rings. The molecule has 2 amide bonds. The fourth-order valence-corrected chi connectivity index (χ4v) is 1.96. The van der Waals surface area contributed by atoms with E-state index in [2.05, 4.69) is 10.6 Å². The first-order chi connectivity index (χ1) is 9.03. The number of nitrogens with one attached hydrogen (secondary N) is 2. The van der Waals surface area contributed by atoms with Gasteiger partial charge < -0.3 is 25.2 Å². The molecule has 1 heterocycles. The van der Waals surface area contributed by atoms with E-state index in [0.29, 0.717) is 39.0 Å². The molecule has 3 N–H and O–H groups in total. The van der Waals surface area contributed by atoms with Gasteiger partial charge in [-0.2, -0.15) is 0 Å². The highest BCUT2D eigenvalue weighted by Crippen LogP contribution is 2.21. The highest BCUT2D eigenvalue weighted by Gasteiger charge is 2.35. The van der Waals surface area contributed by atoms with Crippen molar-refractivity contribution in [3.05, 3.63) is 0 Å². The lowest BCUT2D eigenvalue weighted by molar-refractivity contribution is -0.139. The lowest BCUT2D eigenvalue weighted by Crippen LogP contribution is -2.51. The molecule has 0 aromatic heterocycles. The molecule has 7 heteroatoms. The van der Waals surface area contributed by atoms with Crippen LogP contribution in [0.25, 0.3) is 0 Å². The van der Waals surface area contributed by atoms with E-state index in [-0.39, 0.29) is 0 Å². The molecule has 1 aliphatic rings. The second-order valence-corrected chi connectivity index (χ2v) is 4.70. The number of rotatable bonds is 7. The van der Waals surface area contributed by atoms with Crippen LogP contribution in [0, 0.1) is 0 Å². The quantitative estimate of drug-likeness (QED) is 0.622. The average Bonchev–Trinajstić information content (AvgIpc) is 2.85. The Morgan fingerprint density at radius 3 is 2.74 bits per heavy atom. The van der Waals surface area contributed by atoms with E-state index in [1.165, 1.54) is 0 Å². The van der Waals surface area contributed by atoms with E-state index in [9.17, 15) is 9.59 Å². The summed E-state index contributed by atoms with van der Waals surface area (Å²) in [5.74, 6) is -1.03. The van der Waals surface area contributed by atoms with Gasteiger partial charge in [0.05, 0.1) is 13.2 Å². The van der Waals surface area contributed by atoms with Gasteiger partial charge in [0.2, 0.25) is 0 Å². The molecular weight excluding hydrogens is 252 g/mol. The predicted molar refractivity (Wildman–Crippen MR) is 68.0 cm³/mol. The van der Waals surface area contributed by atoms with Crippen molar-refractivity contribution < 1.29 is 24.2 Å². The summed E-state index contributed by atoms with van der Waals surface area (Å²) in [5, 5.41) is 14.0. The van der Waals surface area contributed by atoms with Crippen LogP contribution in [-0.2, 0) is 14.3 Å². The molecule has 1 rings (SSSR count). The van der Waals surface area contributed by atoms with Crippen molar-refractivity contribution in [2.45, 2.75) is 37.8 Å². The topological polar surface area (TPSA) is 96.9 Å². The smallest absolute Gasteiger partial charge is 0.326 e. The molecule has 1 saturated heterocycles. The summed E-state index contributed by atoms with van der Waals surface area (Å²) >= 11 is 0. The number of carbonyl (C=O) groups is 2. The van der Waals surface area contributed by atoms with Crippen LogP contribution in [0.3, 0.4) is 0 Å². The number of carboxylic acids is 1. The highest BCUT2D eigenvalue weighted by molar-refractivity contribution is 5.82. The maximum Gasteiger partial charge on any atom is 0.326 e. The SMILES string of the molecule is CCC[C@@H](NC(=O)NCC1(OC)CCOC1)C(=O)O. The molecule has 1 aliphatic heterocycles. The van der Waals surface area contributed by atoms with Gasteiger partial charge in [-0.1, -0.05) is 13.3 Å². The van der Waals surface area contributed by atoms with Crippen molar-refractivity contribution >= 4 is 12.0 Å². The lowest BCUT2D eigenvalue weighted by Gasteiger charge is -2.26. The maximum absolute atomic E-state index is 11.7. The molecule has 7 nitrogen and oxygen atoms in total. The first kappa shape index (κ1) is 15.7. The fraction of sp³-hybridized carbons (Fsp3) is 0.833. The maximum atomic E-state index is 11.7. The Balaban J connectivity index is 2.39. The van der Waals surface area contributed by atoms with Crippen LogP contribution in [0.4, 0.5) is 4.79 Å². The number of urea groups is 1. The third-order valence-electron chi connectivity index (χ3n) is 3.25. The van der Waals surface area contributed by atoms with Gasteiger partial charge in [0.25, 0.3) is 0 Å². The van der Waals surface area contributed by atoms with Crippen molar-refractivity contribution in [2.24, 2.45) is 0 Å². The Bertz CT molecular complexity index is 315. The molecule has 0 spiro atoms. The van der Waals surface area contributed by atoms with Crippen LogP contribution in [0.5, 0.6) is 0 Å². The standard InChI is InChI=1S/C12H22N2O5/c1-3-4-9(10(15)16)14-11(17)13-7-12(18-2)5-6-19-8-12/h9H,3-8H2,1-2H3,(H,15,16)(H2,13,14,17)/t9-,12?/m1/s1. The van der Waals surface area contributed by atoms with Crippen molar-refractivity contribution in [1.29, 1.82) is 0 Å². The zero-order valence-electron chi connectivity index (χ0n) is 11.4. The van der Waals surface area contributed by atoms with Crippen molar-refractivity contribution in [2.75, 3.05) is 26.9 Å². The number of hydrogen-bond acceptors (Lipinski definition) is 4. The molecule has 110 valence electrons. The van der Waals surface area contributed by atoms with E-state index < -0.39 is 23.6 Å². The Labute approximate surface area is 112 Å². The minimum absolute atomic E-state index is 0.299. The molecule has 19 heavy (non-hydrogen) atoms. The van der Waals surface area contributed by atoms with Crippen molar-refractivity contribution in [3.63, 3.8) is 0 Å². The number of hydrogen-bond donors (Lipinski definition) is 3. The molecule has 0 aliphatic carbocycles. The van der Waals surface area contributed by atoms with Gasteiger partial charge in [-0.25, -0.2) is 9.59 Å². The molecule has 0 radical (unpaired) electrons. The number of methoxy groups -OCH3 is 1. The first-order valence-electron chi connectivity index (χ1n) is 6.43. The Hall–Kier alpha value is -1.34. The number of aliphatic carboxylic acids is 1. The van der Waals surface area contributed by atoms with Gasteiger partial charge in [-0.3, -0.25) is 0 Å². The summed E-state index contributed by atoms with van der Waals surface area (Å²) in [7, 11) is 1.57. The summed E-state index contributed by atoms with van der Waals surface area (Å²) in [5.41, 5.74) is -0.499. The minimum Gasteiger partial charge on any atom is -0.480 e. The van der Waals surface area contributed by atoms with E-state index >= 15 is 0 Å². The highest BCUT2D eigenvalue weighted by atomic mass is 16.5. The van der Waals surface area contributed by atoms with Gasteiger partial charge in [-0.05, 0) is 6.42 Å². The molecule has 1 unspecified atom stereocenters. The van der Waals surface area contributed by atoms with E-state index in [1.54, 1.807) is 7.11 Å². The third kappa shape index (κ3) is 4.68. The Kier molecular flexibility index (Phi) is 6.04. The average molecular weight is 274 g/mol. The predicted octanol–water partition coefficient (Wildman–Crippen LogP) is 0.344. The lowest BCUT2D eigenvalue weighted by atomic mass is 10.0. The Morgan fingerprint density at radius 1 is 1.53 bits per heavy atom. The number of amides is 2. The van der Waals surface area contributed by atoms with Gasteiger partial charge in [0, 0.05) is 20.1 Å². The fourth-order valence-electron chi connectivity index (χ4n) is 1.96. The zero-order valence-corrected chi connectivity index (χ0v) is 11.4. The number of carboxylic acid groups (broad SMARTS) is 1. The molecule has 0 bridgehead atoms. The van der Waals surface area contributed by atoms with Crippen LogP contribution in [0.15, 0.2) is 0 Å². The number of carbonyl (C=O) groups excluding carboxylic acids is 1. The summed E-state index contributed by atoms with van der Waals surface area (Å²) < 4.78 is 10.6. The van der Waals surface area contributed by atoms with E-state index in [4.69, 9.17) is 14.6 Å². The summed E-state index contributed by atoms with van der Waals surface area (Å²) in [6.45, 7) is 3.20. The second kappa shape index (κ2) is 7.30. The van der Waals surface area contributed by atoms with Crippen LogP contribution in [0.2, 0.25) is 0 Å². The normalized spacial score (nSPS) is 23.9. The van der Waals surface area contributed by atoms with Crippen molar-refractivity contribution in [3.8, 4) is 0 Å². The number of ether oxygens (including phenoxy) is 2. The van der Waals surface area contributed by atoms with Crippen LogP contribution < -0.4 is 10.6 Å². The molecule has 1 fully saturated rings. The van der Waals surface area contributed by atoms with E-state index in [0.717, 1.165) is 0 Å². The van der Waals surface area contributed by atoms with Crippen LogP contribution in [0.1, 0.15) is 26.2 Å². The molecule has 0 saturated carbocycles. The third-order valence-corrected chi connectivity index (χ3v) is 3.25. The summed E-state index contributed by atoms with van der Waals surface area (Å²) in [6.07, 6.45) is 1.80. The van der Waals surface area contributed by atoms with Crippen molar-refractivity contribution in [1.82, 2.24) is 10.6 Å². The largest absolute Gasteiger partial charge is 0.480 e. The molecule has 2 atom stereocenters.